The summed E-state index contributed by atoms with van der Waals surface area (Å²) in [5, 5.41) is 10.9. The van der Waals surface area contributed by atoms with Crippen LogP contribution in [0.15, 0.2) is 36.0 Å². The minimum absolute atomic E-state index is 0.0957. The summed E-state index contributed by atoms with van der Waals surface area (Å²) in [7, 11) is 1.50. The number of hydrogen-bond donors (Lipinski definition) is 2. The largest absolute Gasteiger partial charge is 0.478 e. The van der Waals surface area contributed by atoms with Gasteiger partial charge in [-0.15, -0.1) is 0 Å². The van der Waals surface area contributed by atoms with Gasteiger partial charge in [0.15, 0.2) is 11.6 Å². The van der Waals surface area contributed by atoms with Gasteiger partial charge in [-0.3, -0.25) is 0 Å². The molecule has 19 heavy (non-hydrogen) atoms. The molecule has 1 aliphatic rings. The number of nitrogens with zero attached hydrogens (tertiary/aromatic N) is 1. The van der Waals surface area contributed by atoms with Crippen LogP contribution >= 0.6 is 0 Å². The van der Waals surface area contributed by atoms with Crippen LogP contribution in [0, 0.1) is 11.6 Å². The van der Waals surface area contributed by atoms with Crippen molar-refractivity contribution >= 4 is 12.0 Å². The van der Waals surface area contributed by atoms with E-state index in [2.05, 4.69) is 5.32 Å². The normalized spacial score (nSPS) is 13.9. The average Bonchev–Trinajstić information content (AvgIpc) is 2.37. The lowest BCUT2D eigenvalue weighted by atomic mass is 10.2. The fourth-order valence-electron chi connectivity index (χ4n) is 1.20. The highest BCUT2D eigenvalue weighted by molar-refractivity contribution is 5.90. The predicted molar refractivity (Wildman–Crippen MR) is 63.2 cm³/mol. The van der Waals surface area contributed by atoms with Crippen LogP contribution in [0.2, 0.25) is 0 Å². The number of carboxylic acid groups (broad SMARTS) is 1. The SMILES string of the molecule is CN1C=C(C(=O)O)CNC1=O.Fc1ccccc1F. The van der Waals surface area contributed by atoms with Gasteiger partial charge in [-0.25, -0.2) is 18.4 Å². The number of benzene rings is 1. The van der Waals surface area contributed by atoms with Crippen molar-refractivity contribution in [3.8, 4) is 0 Å². The Balaban J connectivity index is 0.000000200. The first-order valence-electron chi connectivity index (χ1n) is 5.26. The molecule has 2 amide bonds. The zero-order valence-corrected chi connectivity index (χ0v) is 10.1. The van der Waals surface area contributed by atoms with E-state index in [1.165, 1.54) is 30.3 Å². The van der Waals surface area contributed by atoms with E-state index in [1.807, 2.05) is 0 Å². The van der Waals surface area contributed by atoms with Gasteiger partial charge in [-0.1, -0.05) is 12.1 Å². The van der Waals surface area contributed by atoms with E-state index < -0.39 is 17.6 Å². The fraction of sp³-hybridized carbons (Fsp3) is 0.167. The Morgan fingerprint density at radius 1 is 1.32 bits per heavy atom. The first-order chi connectivity index (χ1) is 8.91. The molecule has 1 aliphatic heterocycles. The molecule has 0 saturated heterocycles. The maximum atomic E-state index is 11.9. The second-order valence-electron chi connectivity index (χ2n) is 3.64. The summed E-state index contributed by atoms with van der Waals surface area (Å²) in [6, 6.07) is 4.76. The Hall–Kier alpha value is -2.44. The maximum Gasteiger partial charge on any atom is 0.334 e. The lowest BCUT2D eigenvalue weighted by molar-refractivity contribution is -0.132. The van der Waals surface area contributed by atoms with Gasteiger partial charge in [-0.05, 0) is 12.1 Å². The first kappa shape index (κ1) is 14.6. The molecule has 7 heteroatoms. The quantitative estimate of drug-likeness (QED) is 0.814. The number of carboxylic acids is 1. The van der Waals surface area contributed by atoms with Gasteiger partial charge in [0.2, 0.25) is 0 Å². The van der Waals surface area contributed by atoms with Crippen molar-refractivity contribution in [1.82, 2.24) is 10.2 Å². The highest BCUT2D eigenvalue weighted by atomic mass is 19.2. The van der Waals surface area contributed by atoms with Crippen molar-refractivity contribution in [2.45, 2.75) is 0 Å². The molecule has 1 aromatic carbocycles. The number of nitrogens with one attached hydrogen (secondary N) is 1. The number of amides is 2. The summed E-state index contributed by atoms with van der Waals surface area (Å²) in [5.41, 5.74) is 0.187. The predicted octanol–water partition coefficient (Wildman–Crippen LogP) is 1.57. The van der Waals surface area contributed by atoms with Crippen LogP contribution in [0.3, 0.4) is 0 Å². The molecular formula is C12H12F2N2O3. The smallest absolute Gasteiger partial charge is 0.334 e. The van der Waals surface area contributed by atoms with Gasteiger partial charge in [0.25, 0.3) is 0 Å². The maximum absolute atomic E-state index is 11.9. The van der Waals surface area contributed by atoms with Gasteiger partial charge in [0, 0.05) is 13.2 Å². The van der Waals surface area contributed by atoms with Crippen molar-refractivity contribution in [3.63, 3.8) is 0 Å². The lowest BCUT2D eigenvalue weighted by Gasteiger charge is -2.19. The third-order valence-electron chi connectivity index (χ3n) is 2.20. The average molecular weight is 270 g/mol. The van der Waals surface area contributed by atoms with Crippen LogP contribution in [0.4, 0.5) is 13.6 Å². The van der Waals surface area contributed by atoms with Crippen LogP contribution in [0.5, 0.6) is 0 Å². The highest BCUT2D eigenvalue weighted by Crippen LogP contribution is 2.02. The molecule has 0 radical (unpaired) electrons. The zero-order valence-electron chi connectivity index (χ0n) is 10.1. The van der Waals surface area contributed by atoms with Crippen molar-refractivity contribution in [2.75, 3.05) is 13.6 Å². The number of carbonyl (C=O) groups is 2. The molecule has 0 unspecified atom stereocenters. The van der Waals surface area contributed by atoms with Crippen LogP contribution in [-0.2, 0) is 4.79 Å². The van der Waals surface area contributed by atoms with E-state index in [0.717, 1.165) is 12.1 Å². The number of urea groups is 1. The monoisotopic (exact) mass is 270 g/mol. The van der Waals surface area contributed by atoms with Gasteiger partial charge in [-0.2, -0.15) is 0 Å². The first-order valence-corrected chi connectivity index (χ1v) is 5.26. The van der Waals surface area contributed by atoms with E-state index in [9.17, 15) is 18.4 Å². The molecular weight excluding hydrogens is 258 g/mol. The molecule has 0 aliphatic carbocycles. The molecule has 1 aromatic rings. The number of halogens is 2. The van der Waals surface area contributed by atoms with Crippen LogP contribution in [-0.4, -0.2) is 35.6 Å². The summed E-state index contributed by atoms with van der Waals surface area (Å²) in [6.45, 7) is 0.0957. The molecule has 5 nitrogen and oxygen atoms in total. The summed E-state index contributed by atoms with van der Waals surface area (Å²) < 4.78 is 23.9. The van der Waals surface area contributed by atoms with Gasteiger partial charge >= 0.3 is 12.0 Å². The van der Waals surface area contributed by atoms with Crippen molar-refractivity contribution < 1.29 is 23.5 Å². The highest BCUT2D eigenvalue weighted by Gasteiger charge is 2.17. The minimum Gasteiger partial charge on any atom is -0.478 e. The Morgan fingerprint density at radius 3 is 2.21 bits per heavy atom. The Labute approximate surface area is 108 Å². The van der Waals surface area contributed by atoms with Crippen LogP contribution in [0.25, 0.3) is 0 Å². The Bertz CT molecular complexity index is 496. The number of rotatable bonds is 1. The summed E-state index contributed by atoms with van der Waals surface area (Å²) >= 11 is 0. The molecule has 2 N–H and O–H groups in total. The zero-order chi connectivity index (χ0) is 14.4. The number of carbonyl (C=O) groups excluding carboxylic acids is 1. The summed E-state index contributed by atoms with van der Waals surface area (Å²) in [4.78, 5) is 22.3. The molecule has 0 fully saturated rings. The van der Waals surface area contributed by atoms with Gasteiger partial charge < -0.3 is 15.3 Å². The van der Waals surface area contributed by atoms with E-state index in [1.54, 1.807) is 0 Å². The molecule has 1 heterocycles. The van der Waals surface area contributed by atoms with Gasteiger partial charge in [0.1, 0.15) is 0 Å². The van der Waals surface area contributed by atoms with Crippen molar-refractivity contribution in [2.24, 2.45) is 0 Å². The molecule has 0 atom stereocenters. The number of hydrogen-bond acceptors (Lipinski definition) is 2. The van der Waals surface area contributed by atoms with Crippen LogP contribution in [0.1, 0.15) is 0 Å². The summed E-state index contributed by atoms with van der Waals surface area (Å²) in [6.07, 6.45) is 1.31. The molecule has 0 saturated carbocycles. The van der Waals surface area contributed by atoms with Crippen molar-refractivity contribution in [1.29, 1.82) is 0 Å². The molecule has 0 bridgehead atoms. The Morgan fingerprint density at radius 2 is 1.84 bits per heavy atom. The molecule has 0 spiro atoms. The topological polar surface area (TPSA) is 69.6 Å². The van der Waals surface area contributed by atoms with E-state index in [-0.39, 0.29) is 18.1 Å². The molecule has 102 valence electrons. The minimum atomic E-state index is -1.00. The Kier molecular flexibility index (Phi) is 4.99. The fourth-order valence-corrected chi connectivity index (χ4v) is 1.20. The van der Waals surface area contributed by atoms with E-state index >= 15 is 0 Å². The van der Waals surface area contributed by atoms with E-state index in [4.69, 9.17) is 5.11 Å². The van der Waals surface area contributed by atoms with E-state index in [0.29, 0.717) is 0 Å². The lowest BCUT2D eigenvalue weighted by Crippen LogP contribution is -2.41. The second kappa shape index (κ2) is 6.48. The third-order valence-corrected chi connectivity index (χ3v) is 2.20. The second-order valence-corrected chi connectivity index (χ2v) is 3.64. The summed E-state index contributed by atoms with van der Waals surface area (Å²) in [5.74, 6) is -2.60. The van der Waals surface area contributed by atoms with Crippen molar-refractivity contribution in [3.05, 3.63) is 47.7 Å². The van der Waals surface area contributed by atoms with Gasteiger partial charge in [0.05, 0.1) is 12.1 Å². The molecule has 0 aromatic heterocycles. The standard InChI is InChI=1S/C6H4F2.C6H8N2O3/c7-5-3-1-2-4-6(5)8;1-8-3-4(5(9)10)2-7-6(8)11/h1-4H;3H,2H2,1H3,(H,7,11)(H,9,10). The molecule has 2 rings (SSSR count). The third kappa shape index (κ3) is 4.38. The number of aliphatic carboxylic acids is 1. The van der Waals surface area contributed by atoms with Crippen LogP contribution < -0.4 is 5.32 Å².